The first-order valence-corrected chi connectivity index (χ1v) is 9.35. The molecule has 0 saturated heterocycles. The summed E-state index contributed by atoms with van der Waals surface area (Å²) in [6, 6.07) is 12.8. The van der Waals surface area contributed by atoms with Crippen LogP contribution in [0.4, 0.5) is 0 Å². The Hall–Kier alpha value is -2.44. The smallest absolute Gasteiger partial charge is 0.282 e. The van der Waals surface area contributed by atoms with Gasteiger partial charge >= 0.3 is 0 Å². The third kappa shape index (κ3) is 3.10. The molecule has 5 nitrogen and oxygen atoms in total. The summed E-state index contributed by atoms with van der Waals surface area (Å²) >= 11 is 0. The molecule has 3 aromatic rings. The van der Waals surface area contributed by atoms with E-state index in [0.29, 0.717) is 5.69 Å². The highest BCUT2D eigenvalue weighted by Gasteiger charge is 2.24. The Morgan fingerprint density at radius 2 is 1.64 bits per heavy atom. The van der Waals surface area contributed by atoms with Crippen molar-refractivity contribution in [1.29, 1.82) is 0 Å². The molecule has 0 saturated carbocycles. The minimum atomic E-state index is -4.41. The maximum atomic E-state index is 12.0. The van der Waals surface area contributed by atoms with Gasteiger partial charge in [0.1, 0.15) is 4.90 Å². The minimum Gasteiger partial charge on any atom is -0.282 e. The Morgan fingerprint density at radius 3 is 2.20 bits per heavy atom. The van der Waals surface area contributed by atoms with E-state index in [9.17, 15) is 13.0 Å². The maximum Gasteiger partial charge on any atom is 0.296 e. The van der Waals surface area contributed by atoms with E-state index < -0.39 is 10.1 Å². The largest absolute Gasteiger partial charge is 0.296 e. The average Bonchev–Trinajstić information content (AvgIpc) is 2.85. The summed E-state index contributed by atoms with van der Waals surface area (Å²) < 4.78 is 35.5. The number of nitrogens with zero attached hydrogens (tertiary/aromatic N) is 2. The van der Waals surface area contributed by atoms with Crippen molar-refractivity contribution in [2.75, 3.05) is 0 Å². The van der Waals surface area contributed by atoms with Crippen LogP contribution in [0.25, 0.3) is 16.8 Å². The molecule has 6 heteroatoms. The van der Waals surface area contributed by atoms with Gasteiger partial charge in [0.25, 0.3) is 10.1 Å². The fraction of sp³-hybridized carbons (Fsp3) is 0.211. The zero-order chi connectivity index (χ0) is 18.4. The molecular weight excluding hydrogens is 336 g/mol. The van der Waals surface area contributed by atoms with Crippen LogP contribution in [0.15, 0.2) is 47.4 Å². The molecule has 1 heterocycles. The summed E-state index contributed by atoms with van der Waals surface area (Å²) in [5, 5.41) is 4.45. The molecule has 0 fully saturated rings. The molecule has 0 bridgehead atoms. The maximum absolute atomic E-state index is 12.0. The van der Waals surface area contributed by atoms with Crippen molar-refractivity contribution in [2.24, 2.45) is 0 Å². The van der Waals surface area contributed by atoms with E-state index >= 15 is 0 Å². The van der Waals surface area contributed by atoms with Gasteiger partial charge in [-0.1, -0.05) is 30.3 Å². The lowest BCUT2D eigenvalue weighted by molar-refractivity contribution is 0.482. The van der Waals surface area contributed by atoms with Gasteiger partial charge in [0, 0.05) is 11.3 Å². The molecule has 0 atom stereocenters. The summed E-state index contributed by atoms with van der Waals surface area (Å²) in [6.45, 7) is 7.60. The molecule has 0 amide bonds. The zero-order valence-corrected chi connectivity index (χ0v) is 15.4. The van der Waals surface area contributed by atoms with Gasteiger partial charge in [-0.05, 0) is 56.5 Å². The van der Waals surface area contributed by atoms with Gasteiger partial charge in [-0.2, -0.15) is 13.5 Å². The summed E-state index contributed by atoms with van der Waals surface area (Å²) in [6.07, 6.45) is 0. The molecule has 1 aromatic heterocycles. The third-order valence-electron chi connectivity index (χ3n) is 4.26. The molecule has 2 aromatic carbocycles. The molecular formula is C19H20N2O3S. The topological polar surface area (TPSA) is 72.2 Å². The van der Waals surface area contributed by atoms with Crippen LogP contribution in [0.2, 0.25) is 0 Å². The number of aromatic nitrogens is 2. The average molecular weight is 356 g/mol. The van der Waals surface area contributed by atoms with E-state index in [1.165, 1.54) is 6.07 Å². The summed E-state index contributed by atoms with van der Waals surface area (Å²) in [7, 11) is -4.41. The molecule has 3 rings (SSSR count). The second-order valence-electron chi connectivity index (χ2n) is 6.23. The number of aryl methyl sites for hydroxylation is 4. The van der Waals surface area contributed by atoms with E-state index in [1.807, 2.05) is 58.0 Å². The van der Waals surface area contributed by atoms with Crippen LogP contribution in [0, 0.1) is 27.7 Å². The minimum absolute atomic E-state index is 0.150. The van der Waals surface area contributed by atoms with Crippen LogP contribution in [-0.4, -0.2) is 22.8 Å². The van der Waals surface area contributed by atoms with Crippen molar-refractivity contribution in [3.05, 3.63) is 65.0 Å². The molecule has 0 radical (unpaired) electrons. The Bertz CT molecular complexity index is 1070. The number of hydrogen-bond donors (Lipinski definition) is 1. The highest BCUT2D eigenvalue weighted by atomic mass is 32.2. The molecule has 0 aliphatic heterocycles. The van der Waals surface area contributed by atoms with Gasteiger partial charge in [-0.3, -0.25) is 4.55 Å². The van der Waals surface area contributed by atoms with Crippen molar-refractivity contribution < 1.29 is 13.0 Å². The van der Waals surface area contributed by atoms with Gasteiger partial charge in [0.2, 0.25) is 0 Å². The Balaban J connectivity index is 2.51. The predicted octanol–water partition coefficient (Wildman–Crippen LogP) is 4.02. The molecule has 1 N–H and O–H groups in total. The third-order valence-corrected chi connectivity index (χ3v) is 5.15. The molecule has 0 aliphatic carbocycles. The van der Waals surface area contributed by atoms with Crippen molar-refractivity contribution in [1.82, 2.24) is 9.78 Å². The predicted molar refractivity (Wildman–Crippen MR) is 97.8 cm³/mol. The Morgan fingerprint density at radius 1 is 0.960 bits per heavy atom. The molecule has 0 unspecified atom stereocenters. The quantitative estimate of drug-likeness (QED) is 0.720. The molecule has 25 heavy (non-hydrogen) atoms. The molecule has 0 aliphatic rings. The lowest BCUT2D eigenvalue weighted by Crippen LogP contribution is -2.11. The Kier molecular flexibility index (Phi) is 4.26. The fourth-order valence-corrected chi connectivity index (χ4v) is 3.81. The lowest BCUT2D eigenvalue weighted by Gasteiger charge is -2.19. The summed E-state index contributed by atoms with van der Waals surface area (Å²) in [4.78, 5) is -0.150. The van der Waals surface area contributed by atoms with Gasteiger partial charge in [-0.25, -0.2) is 4.68 Å². The first kappa shape index (κ1) is 17.4. The normalized spacial score (nSPS) is 11.7. The van der Waals surface area contributed by atoms with Crippen molar-refractivity contribution in [3.8, 4) is 16.8 Å². The van der Waals surface area contributed by atoms with Gasteiger partial charge in [0.15, 0.2) is 0 Å². The van der Waals surface area contributed by atoms with Crippen molar-refractivity contribution in [2.45, 2.75) is 32.6 Å². The standard InChI is InChI=1S/C19H20N2O3S/c1-12-7-5-6-8-16(12)18-13(2)9-10-17(25(22,23)24)19(18)21-15(4)11-14(3)20-21/h5-11H,1-4H3,(H,22,23,24). The van der Waals surface area contributed by atoms with Crippen LogP contribution >= 0.6 is 0 Å². The summed E-state index contributed by atoms with van der Waals surface area (Å²) in [5.41, 5.74) is 5.53. The van der Waals surface area contributed by atoms with Crippen LogP contribution in [0.3, 0.4) is 0 Å². The van der Waals surface area contributed by atoms with Crippen LogP contribution in [0.5, 0.6) is 0 Å². The zero-order valence-electron chi connectivity index (χ0n) is 14.6. The monoisotopic (exact) mass is 356 g/mol. The van der Waals surface area contributed by atoms with Crippen LogP contribution in [-0.2, 0) is 10.1 Å². The van der Waals surface area contributed by atoms with Gasteiger partial charge in [0.05, 0.1) is 11.4 Å². The summed E-state index contributed by atoms with van der Waals surface area (Å²) in [5.74, 6) is 0. The van der Waals surface area contributed by atoms with Crippen molar-refractivity contribution in [3.63, 3.8) is 0 Å². The number of benzene rings is 2. The van der Waals surface area contributed by atoms with E-state index in [-0.39, 0.29) is 4.90 Å². The number of hydrogen-bond acceptors (Lipinski definition) is 3. The Labute approximate surface area is 147 Å². The van der Waals surface area contributed by atoms with E-state index in [0.717, 1.165) is 33.6 Å². The van der Waals surface area contributed by atoms with Gasteiger partial charge < -0.3 is 0 Å². The molecule has 130 valence electrons. The van der Waals surface area contributed by atoms with Crippen LogP contribution in [0.1, 0.15) is 22.5 Å². The second-order valence-corrected chi connectivity index (χ2v) is 7.62. The second kappa shape index (κ2) is 6.13. The number of rotatable bonds is 3. The van der Waals surface area contributed by atoms with E-state index in [4.69, 9.17) is 0 Å². The molecule has 0 spiro atoms. The highest BCUT2D eigenvalue weighted by Crippen LogP contribution is 2.37. The lowest BCUT2D eigenvalue weighted by atomic mass is 9.95. The van der Waals surface area contributed by atoms with Gasteiger partial charge in [-0.15, -0.1) is 0 Å². The van der Waals surface area contributed by atoms with E-state index in [2.05, 4.69) is 5.10 Å². The SMILES string of the molecule is Cc1cc(C)n(-c2c(S(=O)(=O)O)ccc(C)c2-c2ccccc2C)n1. The first-order chi connectivity index (χ1) is 11.7. The fourth-order valence-electron chi connectivity index (χ4n) is 3.14. The highest BCUT2D eigenvalue weighted by molar-refractivity contribution is 7.86. The first-order valence-electron chi connectivity index (χ1n) is 7.91. The van der Waals surface area contributed by atoms with Crippen molar-refractivity contribution >= 4 is 10.1 Å². The van der Waals surface area contributed by atoms with Crippen LogP contribution < -0.4 is 0 Å². The van der Waals surface area contributed by atoms with E-state index in [1.54, 1.807) is 10.7 Å².